The van der Waals surface area contributed by atoms with Crippen LogP contribution in [0.25, 0.3) is 0 Å². The van der Waals surface area contributed by atoms with Crippen molar-refractivity contribution < 1.29 is 14.3 Å². The Balaban J connectivity index is 1.36. The van der Waals surface area contributed by atoms with Crippen LogP contribution in [0.4, 0.5) is 0 Å². The van der Waals surface area contributed by atoms with Crippen LogP contribution in [-0.2, 0) is 6.54 Å². The highest BCUT2D eigenvalue weighted by Crippen LogP contribution is 2.44. The smallest absolute Gasteiger partial charge is 0.254 e. The zero-order valence-corrected chi connectivity index (χ0v) is 16.0. The standard InChI is InChI=1S/C23H26N2O3/c24-14-15-2-1-3-16(10-15)18-11-19-5-6-20(12-18)25(19)23(26)17-4-7-21-22(13-17)28-9-8-27-21/h1-4,7,10,13,18-20H,5-6,8-9,11-12,14,24H2. The van der Waals surface area contributed by atoms with Crippen LogP contribution >= 0.6 is 0 Å². The van der Waals surface area contributed by atoms with E-state index in [4.69, 9.17) is 15.2 Å². The molecule has 3 aliphatic rings. The molecule has 0 saturated carbocycles. The number of ether oxygens (including phenoxy) is 2. The number of fused-ring (bicyclic) bond motifs is 3. The van der Waals surface area contributed by atoms with Gasteiger partial charge in [0.25, 0.3) is 5.91 Å². The van der Waals surface area contributed by atoms with Crippen molar-refractivity contribution in [2.24, 2.45) is 5.73 Å². The highest BCUT2D eigenvalue weighted by atomic mass is 16.6. The summed E-state index contributed by atoms with van der Waals surface area (Å²) in [6.07, 6.45) is 4.24. The average molecular weight is 378 g/mol. The van der Waals surface area contributed by atoms with Crippen molar-refractivity contribution in [3.8, 4) is 11.5 Å². The van der Waals surface area contributed by atoms with Gasteiger partial charge in [-0.3, -0.25) is 4.79 Å². The van der Waals surface area contributed by atoms with Crippen molar-refractivity contribution in [2.75, 3.05) is 13.2 Å². The molecule has 0 aliphatic carbocycles. The fourth-order valence-corrected chi connectivity index (χ4v) is 5.08. The molecule has 5 nitrogen and oxygen atoms in total. The van der Waals surface area contributed by atoms with Crippen molar-refractivity contribution in [3.05, 3.63) is 59.2 Å². The topological polar surface area (TPSA) is 64.8 Å². The minimum Gasteiger partial charge on any atom is -0.486 e. The average Bonchev–Trinajstić information content (AvgIpc) is 3.01. The molecule has 2 unspecified atom stereocenters. The molecule has 28 heavy (non-hydrogen) atoms. The van der Waals surface area contributed by atoms with Crippen molar-refractivity contribution in [2.45, 2.75) is 50.2 Å². The summed E-state index contributed by atoms with van der Waals surface area (Å²) in [4.78, 5) is 15.4. The third-order valence-electron chi connectivity index (χ3n) is 6.41. The van der Waals surface area contributed by atoms with Gasteiger partial charge in [0, 0.05) is 24.2 Å². The molecule has 3 aliphatic heterocycles. The van der Waals surface area contributed by atoms with Crippen LogP contribution in [0.5, 0.6) is 11.5 Å². The Labute approximate surface area is 165 Å². The predicted octanol–water partition coefficient (Wildman–Crippen LogP) is 3.47. The Bertz CT molecular complexity index is 883. The predicted molar refractivity (Wildman–Crippen MR) is 107 cm³/mol. The number of nitrogens with two attached hydrogens (primary N) is 1. The van der Waals surface area contributed by atoms with Crippen LogP contribution < -0.4 is 15.2 Å². The molecule has 2 aromatic rings. The Morgan fingerprint density at radius 3 is 2.50 bits per heavy atom. The molecule has 2 atom stereocenters. The van der Waals surface area contributed by atoms with E-state index in [1.165, 1.54) is 11.1 Å². The lowest BCUT2D eigenvalue weighted by Gasteiger charge is -2.39. The van der Waals surface area contributed by atoms with Crippen LogP contribution in [0.3, 0.4) is 0 Å². The first-order valence-corrected chi connectivity index (χ1v) is 10.2. The number of amides is 1. The van der Waals surface area contributed by atoms with Gasteiger partial charge in [0.1, 0.15) is 13.2 Å². The zero-order valence-electron chi connectivity index (χ0n) is 16.0. The third-order valence-corrected chi connectivity index (χ3v) is 6.41. The number of nitrogens with zero attached hydrogens (tertiary/aromatic N) is 1. The van der Waals surface area contributed by atoms with Gasteiger partial charge in [-0.2, -0.15) is 0 Å². The van der Waals surface area contributed by atoms with E-state index in [0.717, 1.165) is 31.4 Å². The first kappa shape index (κ1) is 17.6. The van der Waals surface area contributed by atoms with E-state index in [1.807, 2.05) is 18.2 Å². The fourth-order valence-electron chi connectivity index (χ4n) is 5.08. The highest BCUT2D eigenvalue weighted by molar-refractivity contribution is 5.95. The van der Waals surface area contributed by atoms with Crippen LogP contribution in [0.15, 0.2) is 42.5 Å². The molecule has 146 valence electrons. The summed E-state index contributed by atoms with van der Waals surface area (Å²) in [5.41, 5.74) is 9.06. The van der Waals surface area contributed by atoms with E-state index >= 15 is 0 Å². The number of hydrogen-bond acceptors (Lipinski definition) is 4. The minimum absolute atomic E-state index is 0.124. The van der Waals surface area contributed by atoms with E-state index in [2.05, 4.69) is 29.2 Å². The molecule has 2 bridgehead atoms. The van der Waals surface area contributed by atoms with E-state index < -0.39 is 0 Å². The first-order valence-electron chi connectivity index (χ1n) is 10.2. The van der Waals surface area contributed by atoms with Crippen molar-refractivity contribution in [1.82, 2.24) is 4.90 Å². The van der Waals surface area contributed by atoms with E-state index in [0.29, 0.717) is 49.1 Å². The Kier molecular flexibility index (Phi) is 4.47. The van der Waals surface area contributed by atoms with E-state index in [1.54, 1.807) is 0 Å². The van der Waals surface area contributed by atoms with Gasteiger partial charge >= 0.3 is 0 Å². The summed E-state index contributed by atoms with van der Waals surface area (Å²) in [6, 6.07) is 14.8. The van der Waals surface area contributed by atoms with Gasteiger partial charge in [-0.15, -0.1) is 0 Å². The van der Waals surface area contributed by atoms with Gasteiger partial charge < -0.3 is 20.1 Å². The molecular weight excluding hydrogens is 352 g/mol. The number of carbonyl (C=O) groups is 1. The van der Waals surface area contributed by atoms with Crippen LogP contribution in [0.2, 0.25) is 0 Å². The second-order valence-electron chi connectivity index (χ2n) is 8.07. The lowest BCUT2D eigenvalue weighted by atomic mass is 9.84. The zero-order chi connectivity index (χ0) is 19.1. The molecule has 2 aromatic carbocycles. The molecular formula is C23H26N2O3. The van der Waals surface area contributed by atoms with Crippen molar-refractivity contribution in [3.63, 3.8) is 0 Å². The Hall–Kier alpha value is -2.53. The van der Waals surface area contributed by atoms with Crippen molar-refractivity contribution in [1.29, 1.82) is 0 Å². The third kappa shape index (κ3) is 3.04. The summed E-state index contributed by atoms with van der Waals surface area (Å²) in [5, 5.41) is 0. The van der Waals surface area contributed by atoms with Gasteiger partial charge in [0.2, 0.25) is 0 Å². The molecule has 0 radical (unpaired) electrons. The molecule has 2 saturated heterocycles. The Morgan fingerprint density at radius 1 is 1.00 bits per heavy atom. The molecule has 3 heterocycles. The summed E-state index contributed by atoms with van der Waals surface area (Å²) in [6.45, 7) is 1.66. The second kappa shape index (κ2) is 7.13. The van der Waals surface area contributed by atoms with Crippen LogP contribution in [0, 0.1) is 0 Å². The van der Waals surface area contributed by atoms with Gasteiger partial charge in [0.05, 0.1) is 0 Å². The van der Waals surface area contributed by atoms with Crippen molar-refractivity contribution >= 4 is 5.91 Å². The quantitative estimate of drug-likeness (QED) is 0.888. The lowest BCUT2D eigenvalue weighted by molar-refractivity contribution is 0.0570. The van der Waals surface area contributed by atoms with Gasteiger partial charge in [-0.05, 0) is 60.9 Å². The van der Waals surface area contributed by atoms with Crippen LogP contribution in [0.1, 0.15) is 53.1 Å². The number of piperidine rings is 1. The molecule has 5 heteroatoms. The first-order chi connectivity index (χ1) is 13.7. The molecule has 1 amide bonds. The second-order valence-corrected chi connectivity index (χ2v) is 8.07. The SMILES string of the molecule is NCc1cccc(C2CC3CCC(C2)N3C(=O)c2ccc3c(c2)OCCO3)c1. The molecule has 5 rings (SSSR count). The maximum Gasteiger partial charge on any atom is 0.254 e. The molecule has 0 spiro atoms. The normalized spacial score (nSPS) is 25.6. The molecule has 2 N–H and O–H groups in total. The number of hydrogen-bond donors (Lipinski definition) is 1. The summed E-state index contributed by atoms with van der Waals surface area (Å²) < 4.78 is 11.2. The van der Waals surface area contributed by atoms with Gasteiger partial charge in [0.15, 0.2) is 11.5 Å². The summed E-state index contributed by atoms with van der Waals surface area (Å²) in [7, 11) is 0. The van der Waals surface area contributed by atoms with Gasteiger partial charge in [-0.25, -0.2) is 0 Å². The largest absolute Gasteiger partial charge is 0.486 e. The lowest BCUT2D eigenvalue weighted by Crippen LogP contribution is -2.46. The molecule has 2 fully saturated rings. The maximum absolute atomic E-state index is 13.3. The van der Waals surface area contributed by atoms with E-state index in [-0.39, 0.29) is 5.91 Å². The van der Waals surface area contributed by atoms with E-state index in [9.17, 15) is 4.79 Å². The maximum atomic E-state index is 13.3. The minimum atomic E-state index is 0.124. The number of benzene rings is 2. The monoisotopic (exact) mass is 378 g/mol. The summed E-state index contributed by atoms with van der Waals surface area (Å²) >= 11 is 0. The van der Waals surface area contributed by atoms with Crippen LogP contribution in [-0.4, -0.2) is 36.1 Å². The Morgan fingerprint density at radius 2 is 1.75 bits per heavy atom. The highest BCUT2D eigenvalue weighted by Gasteiger charge is 2.43. The number of carbonyl (C=O) groups excluding carboxylic acids is 1. The van der Waals surface area contributed by atoms with Gasteiger partial charge in [-0.1, -0.05) is 24.3 Å². The fraction of sp³-hybridized carbons (Fsp3) is 0.435. The molecule has 0 aromatic heterocycles. The number of rotatable bonds is 3. The summed E-state index contributed by atoms with van der Waals surface area (Å²) in [5.74, 6) is 2.04.